The largest absolute Gasteiger partial charge is 0.384 e. The Kier molecular flexibility index (Phi) is 6.60. The van der Waals surface area contributed by atoms with Crippen molar-refractivity contribution in [3.8, 4) is 0 Å². The third-order valence-electron chi connectivity index (χ3n) is 3.66. The Bertz CT molecular complexity index is 247. The van der Waals surface area contributed by atoms with Crippen molar-refractivity contribution < 1.29 is 14.3 Å². The molecule has 1 amide bonds. The Hall–Kier alpha value is -0.650. The highest BCUT2D eigenvalue weighted by molar-refractivity contribution is 5.83. The molecule has 2 N–H and O–H groups in total. The molecule has 1 saturated heterocycles. The van der Waals surface area contributed by atoms with Gasteiger partial charge in [0.15, 0.2) is 0 Å². The van der Waals surface area contributed by atoms with Crippen LogP contribution >= 0.6 is 0 Å². The van der Waals surface area contributed by atoms with Crippen LogP contribution in [0.15, 0.2) is 0 Å². The zero-order valence-corrected chi connectivity index (χ0v) is 11.8. The number of hydrogen-bond donors (Lipinski definition) is 2. The summed E-state index contributed by atoms with van der Waals surface area (Å²) in [6.07, 6.45) is 2.53. The molecule has 5 heteroatoms. The van der Waals surface area contributed by atoms with E-state index in [-0.39, 0.29) is 17.4 Å². The number of amides is 1. The highest BCUT2D eigenvalue weighted by Crippen LogP contribution is 2.29. The maximum atomic E-state index is 12.5. The second kappa shape index (κ2) is 7.71. The Morgan fingerprint density at radius 2 is 2.00 bits per heavy atom. The molecule has 0 aromatic rings. The van der Waals surface area contributed by atoms with E-state index in [2.05, 4.69) is 17.6 Å². The molecule has 0 aromatic heterocycles. The van der Waals surface area contributed by atoms with Crippen LogP contribution in [-0.2, 0) is 14.3 Å². The predicted molar refractivity (Wildman–Crippen MR) is 70.5 cm³/mol. The van der Waals surface area contributed by atoms with Gasteiger partial charge in [0.05, 0.1) is 24.7 Å². The molecule has 106 valence electrons. The second-order valence-corrected chi connectivity index (χ2v) is 5.00. The number of methoxy groups -OCH3 is 2. The third kappa shape index (κ3) is 3.93. The molecule has 5 nitrogen and oxygen atoms in total. The standard InChI is InChI=1S/C13H26N2O3/c1-4-11(9-17-2)15-12(16)13(10-18-3)5-7-14-8-6-13/h11,14H,4-10H2,1-3H3,(H,15,16). The van der Waals surface area contributed by atoms with Crippen molar-refractivity contribution in [1.82, 2.24) is 10.6 Å². The zero-order chi connectivity index (χ0) is 13.4. The van der Waals surface area contributed by atoms with Crippen LogP contribution in [0.25, 0.3) is 0 Å². The van der Waals surface area contributed by atoms with Crippen molar-refractivity contribution in [2.45, 2.75) is 32.2 Å². The number of hydrogen-bond acceptors (Lipinski definition) is 4. The van der Waals surface area contributed by atoms with Crippen LogP contribution in [0.1, 0.15) is 26.2 Å². The minimum Gasteiger partial charge on any atom is -0.384 e. The first kappa shape index (κ1) is 15.4. The molecular weight excluding hydrogens is 232 g/mol. The van der Waals surface area contributed by atoms with E-state index < -0.39 is 0 Å². The molecule has 1 atom stereocenters. The molecule has 0 aromatic carbocycles. The Morgan fingerprint density at radius 3 is 2.50 bits per heavy atom. The van der Waals surface area contributed by atoms with Crippen LogP contribution in [0.4, 0.5) is 0 Å². The van der Waals surface area contributed by atoms with Crippen molar-refractivity contribution in [2.75, 3.05) is 40.5 Å². The molecule has 0 bridgehead atoms. The van der Waals surface area contributed by atoms with Gasteiger partial charge in [0.2, 0.25) is 5.91 Å². The molecule has 1 fully saturated rings. The van der Waals surface area contributed by atoms with Gasteiger partial charge >= 0.3 is 0 Å². The molecule has 1 unspecified atom stereocenters. The lowest BCUT2D eigenvalue weighted by molar-refractivity contribution is -0.137. The first-order valence-corrected chi connectivity index (χ1v) is 6.68. The van der Waals surface area contributed by atoms with Crippen LogP contribution in [-0.4, -0.2) is 52.5 Å². The van der Waals surface area contributed by atoms with E-state index in [1.807, 2.05) is 0 Å². The summed E-state index contributed by atoms with van der Waals surface area (Å²) in [6.45, 7) is 4.85. The molecule has 0 radical (unpaired) electrons. The third-order valence-corrected chi connectivity index (χ3v) is 3.66. The van der Waals surface area contributed by atoms with Crippen LogP contribution in [0, 0.1) is 5.41 Å². The van der Waals surface area contributed by atoms with Crippen LogP contribution < -0.4 is 10.6 Å². The van der Waals surface area contributed by atoms with Gasteiger partial charge in [-0.15, -0.1) is 0 Å². The van der Waals surface area contributed by atoms with E-state index in [4.69, 9.17) is 9.47 Å². The first-order chi connectivity index (χ1) is 8.68. The number of carbonyl (C=O) groups excluding carboxylic acids is 1. The lowest BCUT2D eigenvalue weighted by Gasteiger charge is -2.36. The second-order valence-electron chi connectivity index (χ2n) is 5.00. The van der Waals surface area contributed by atoms with Crippen LogP contribution in [0.2, 0.25) is 0 Å². The average Bonchev–Trinajstić information content (AvgIpc) is 2.39. The predicted octanol–water partition coefficient (Wildman–Crippen LogP) is 0.544. The fraction of sp³-hybridized carbons (Fsp3) is 0.923. The summed E-state index contributed by atoms with van der Waals surface area (Å²) in [4.78, 5) is 12.5. The smallest absolute Gasteiger partial charge is 0.228 e. The van der Waals surface area contributed by atoms with E-state index in [1.54, 1.807) is 14.2 Å². The van der Waals surface area contributed by atoms with Crippen LogP contribution in [0.5, 0.6) is 0 Å². The maximum Gasteiger partial charge on any atom is 0.228 e. The number of ether oxygens (including phenoxy) is 2. The average molecular weight is 258 g/mol. The zero-order valence-electron chi connectivity index (χ0n) is 11.8. The van der Waals surface area contributed by atoms with E-state index in [0.717, 1.165) is 32.4 Å². The van der Waals surface area contributed by atoms with Crippen molar-refractivity contribution in [1.29, 1.82) is 0 Å². The van der Waals surface area contributed by atoms with Gasteiger partial charge < -0.3 is 20.1 Å². The lowest BCUT2D eigenvalue weighted by Crippen LogP contribution is -2.53. The normalized spacial score (nSPS) is 20.4. The SMILES string of the molecule is CCC(COC)NC(=O)C1(COC)CCNCC1. The minimum atomic E-state index is -0.374. The highest BCUT2D eigenvalue weighted by atomic mass is 16.5. The van der Waals surface area contributed by atoms with Gasteiger partial charge in [-0.3, -0.25) is 4.79 Å². The molecule has 0 aliphatic carbocycles. The van der Waals surface area contributed by atoms with Gasteiger partial charge in [0, 0.05) is 14.2 Å². The summed E-state index contributed by atoms with van der Waals surface area (Å²) in [6, 6.07) is 0.0890. The summed E-state index contributed by atoms with van der Waals surface area (Å²) >= 11 is 0. The lowest BCUT2D eigenvalue weighted by atomic mass is 9.78. The molecule has 1 aliphatic heterocycles. The van der Waals surface area contributed by atoms with E-state index in [9.17, 15) is 4.79 Å². The molecule has 1 heterocycles. The molecular formula is C13H26N2O3. The Balaban J connectivity index is 2.63. The first-order valence-electron chi connectivity index (χ1n) is 6.68. The molecule has 0 saturated carbocycles. The van der Waals surface area contributed by atoms with E-state index in [1.165, 1.54) is 0 Å². The monoisotopic (exact) mass is 258 g/mol. The highest BCUT2D eigenvalue weighted by Gasteiger charge is 2.40. The Labute approximate surface area is 110 Å². The van der Waals surface area contributed by atoms with E-state index >= 15 is 0 Å². The van der Waals surface area contributed by atoms with Gasteiger partial charge in [0.1, 0.15) is 0 Å². The van der Waals surface area contributed by atoms with Gasteiger partial charge in [-0.25, -0.2) is 0 Å². The van der Waals surface area contributed by atoms with E-state index in [0.29, 0.717) is 13.2 Å². The van der Waals surface area contributed by atoms with Crippen molar-refractivity contribution in [3.05, 3.63) is 0 Å². The summed E-state index contributed by atoms with van der Waals surface area (Å²) < 4.78 is 10.4. The number of nitrogens with one attached hydrogen (secondary N) is 2. The molecule has 18 heavy (non-hydrogen) atoms. The summed E-state index contributed by atoms with van der Waals surface area (Å²) in [5, 5.41) is 6.38. The van der Waals surface area contributed by atoms with Gasteiger partial charge in [-0.1, -0.05) is 6.92 Å². The maximum absolute atomic E-state index is 12.5. The Morgan fingerprint density at radius 1 is 1.33 bits per heavy atom. The number of rotatable bonds is 7. The minimum absolute atomic E-state index is 0.0890. The number of carbonyl (C=O) groups is 1. The van der Waals surface area contributed by atoms with Gasteiger partial charge in [-0.2, -0.15) is 0 Å². The fourth-order valence-electron chi connectivity index (χ4n) is 2.42. The number of piperidine rings is 1. The van der Waals surface area contributed by atoms with Crippen molar-refractivity contribution >= 4 is 5.91 Å². The topological polar surface area (TPSA) is 59.6 Å². The van der Waals surface area contributed by atoms with Gasteiger partial charge in [0.25, 0.3) is 0 Å². The molecule has 1 rings (SSSR count). The molecule has 1 aliphatic rings. The molecule has 0 spiro atoms. The summed E-state index contributed by atoms with van der Waals surface area (Å²) in [5.41, 5.74) is -0.374. The fourth-order valence-corrected chi connectivity index (χ4v) is 2.42. The van der Waals surface area contributed by atoms with Crippen molar-refractivity contribution in [3.63, 3.8) is 0 Å². The van der Waals surface area contributed by atoms with Gasteiger partial charge in [-0.05, 0) is 32.4 Å². The van der Waals surface area contributed by atoms with Crippen molar-refractivity contribution in [2.24, 2.45) is 5.41 Å². The van der Waals surface area contributed by atoms with Crippen LogP contribution in [0.3, 0.4) is 0 Å². The quantitative estimate of drug-likeness (QED) is 0.700. The summed E-state index contributed by atoms with van der Waals surface area (Å²) in [5.74, 6) is 0.106. The summed E-state index contributed by atoms with van der Waals surface area (Å²) in [7, 11) is 3.31.